The average Bonchev–Trinajstić information content (AvgIpc) is 2.68. The van der Waals surface area contributed by atoms with Crippen LogP contribution >= 0.6 is 11.6 Å². The van der Waals surface area contributed by atoms with Crippen LogP contribution in [0.2, 0.25) is 5.02 Å². The van der Waals surface area contributed by atoms with Crippen molar-refractivity contribution < 1.29 is 9.53 Å². The van der Waals surface area contributed by atoms with Crippen LogP contribution in [0.25, 0.3) is 0 Å². The summed E-state index contributed by atoms with van der Waals surface area (Å²) in [6.45, 7) is 5.90. The molecule has 0 aromatic heterocycles. The zero-order valence-electron chi connectivity index (χ0n) is 15.8. The maximum absolute atomic E-state index is 12.6. The standard InChI is InChI=1S/C21H26ClN3O2/c1-16(21(26)23-19-8-5-7-18(22)14-19)24(2)15-17-6-3-4-9-20(17)25-10-12-27-13-11-25/h3-9,14,16H,10-13,15H2,1-2H3,(H,23,26). The molecule has 1 unspecified atom stereocenters. The van der Waals surface area contributed by atoms with E-state index in [1.807, 2.05) is 32.2 Å². The quantitative estimate of drug-likeness (QED) is 0.822. The zero-order chi connectivity index (χ0) is 19.2. The molecule has 1 heterocycles. The molecule has 0 bridgehead atoms. The average molecular weight is 388 g/mol. The zero-order valence-corrected chi connectivity index (χ0v) is 16.6. The van der Waals surface area contributed by atoms with E-state index in [-0.39, 0.29) is 11.9 Å². The summed E-state index contributed by atoms with van der Waals surface area (Å²) in [4.78, 5) is 17.0. The number of nitrogens with zero attached hydrogens (tertiary/aromatic N) is 2. The molecule has 1 N–H and O–H groups in total. The second-order valence-corrected chi connectivity index (χ2v) is 7.26. The lowest BCUT2D eigenvalue weighted by Gasteiger charge is -2.32. The number of carbonyl (C=O) groups is 1. The van der Waals surface area contributed by atoms with Crippen molar-refractivity contribution in [2.75, 3.05) is 43.6 Å². The Hall–Kier alpha value is -2.08. The van der Waals surface area contributed by atoms with Crippen molar-refractivity contribution in [1.82, 2.24) is 4.90 Å². The van der Waals surface area contributed by atoms with Crippen LogP contribution in [0.5, 0.6) is 0 Å². The van der Waals surface area contributed by atoms with Crippen LogP contribution in [0.4, 0.5) is 11.4 Å². The van der Waals surface area contributed by atoms with E-state index >= 15 is 0 Å². The molecule has 1 saturated heterocycles. The monoisotopic (exact) mass is 387 g/mol. The summed E-state index contributed by atoms with van der Waals surface area (Å²) >= 11 is 5.99. The fourth-order valence-electron chi connectivity index (χ4n) is 3.18. The summed E-state index contributed by atoms with van der Waals surface area (Å²) in [6.07, 6.45) is 0. The predicted octanol–water partition coefficient (Wildman–Crippen LogP) is 3.64. The highest BCUT2D eigenvalue weighted by Crippen LogP contribution is 2.23. The van der Waals surface area contributed by atoms with Gasteiger partial charge in [0.2, 0.25) is 5.91 Å². The summed E-state index contributed by atoms with van der Waals surface area (Å²) in [5.74, 6) is -0.0522. The Kier molecular flexibility index (Phi) is 6.72. The van der Waals surface area contributed by atoms with Crippen molar-refractivity contribution in [1.29, 1.82) is 0 Å². The lowest BCUT2D eigenvalue weighted by Crippen LogP contribution is -2.40. The van der Waals surface area contributed by atoms with Gasteiger partial charge >= 0.3 is 0 Å². The minimum absolute atomic E-state index is 0.0522. The van der Waals surface area contributed by atoms with E-state index in [9.17, 15) is 4.79 Å². The molecular formula is C21H26ClN3O2. The van der Waals surface area contributed by atoms with Gasteiger partial charge in [-0.1, -0.05) is 35.9 Å². The summed E-state index contributed by atoms with van der Waals surface area (Å²) in [5.41, 5.74) is 3.14. The predicted molar refractivity (Wildman–Crippen MR) is 110 cm³/mol. The molecule has 2 aromatic carbocycles. The summed E-state index contributed by atoms with van der Waals surface area (Å²) in [6, 6.07) is 15.3. The van der Waals surface area contributed by atoms with Gasteiger partial charge in [0.05, 0.1) is 19.3 Å². The lowest BCUT2D eigenvalue weighted by molar-refractivity contribution is -0.120. The van der Waals surface area contributed by atoms with Crippen molar-refractivity contribution in [3.05, 3.63) is 59.1 Å². The molecule has 6 heteroatoms. The highest BCUT2D eigenvalue weighted by Gasteiger charge is 2.21. The van der Waals surface area contributed by atoms with Crippen LogP contribution in [0.15, 0.2) is 48.5 Å². The van der Waals surface area contributed by atoms with Gasteiger partial charge in [0.15, 0.2) is 0 Å². The first-order valence-corrected chi connectivity index (χ1v) is 9.59. The molecule has 3 rings (SSSR count). The van der Waals surface area contributed by atoms with Crippen LogP contribution in [0.3, 0.4) is 0 Å². The normalized spacial score (nSPS) is 15.6. The number of amides is 1. The Morgan fingerprint density at radius 3 is 2.70 bits per heavy atom. The number of ether oxygens (including phenoxy) is 1. The molecule has 1 aliphatic rings. The lowest BCUT2D eigenvalue weighted by atomic mass is 10.1. The molecule has 1 fully saturated rings. The third-order valence-electron chi connectivity index (χ3n) is 4.90. The topological polar surface area (TPSA) is 44.8 Å². The van der Waals surface area contributed by atoms with Gasteiger partial charge in [0, 0.05) is 36.0 Å². The third kappa shape index (κ3) is 5.22. The van der Waals surface area contributed by atoms with E-state index in [4.69, 9.17) is 16.3 Å². The van der Waals surface area contributed by atoms with Gasteiger partial charge in [-0.3, -0.25) is 9.69 Å². The maximum atomic E-state index is 12.6. The van der Waals surface area contributed by atoms with Crippen molar-refractivity contribution in [2.24, 2.45) is 0 Å². The fourth-order valence-corrected chi connectivity index (χ4v) is 3.37. The second kappa shape index (κ2) is 9.22. The van der Waals surface area contributed by atoms with Crippen molar-refractivity contribution in [3.8, 4) is 0 Å². The van der Waals surface area contributed by atoms with Crippen molar-refractivity contribution >= 4 is 28.9 Å². The number of para-hydroxylation sites is 1. The van der Waals surface area contributed by atoms with Crippen LogP contribution < -0.4 is 10.2 Å². The first kappa shape index (κ1) is 19.7. The third-order valence-corrected chi connectivity index (χ3v) is 5.13. The van der Waals surface area contributed by atoms with Crippen molar-refractivity contribution in [2.45, 2.75) is 19.5 Å². The van der Waals surface area contributed by atoms with E-state index < -0.39 is 0 Å². The second-order valence-electron chi connectivity index (χ2n) is 6.82. The first-order valence-electron chi connectivity index (χ1n) is 9.22. The fraction of sp³-hybridized carbons (Fsp3) is 0.381. The number of likely N-dealkylation sites (N-methyl/N-ethyl adjacent to an activating group) is 1. The molecule has 5 nitrogen and oxygen atoms in total. The minimum atomic E-state index is -0.276. The smallest absolute Gasteiger partial charge is 0.241 e. The van der Waals surface area contributed by atoms with E-state index in [2.05, 4.69) is 33.3 Å². The minimum Gasteiger partial charge on any atom is -0.378 e. The molecule has 1 aliphatic heterocycles. The molecule has 2 aromatic rings. The first-order chi connectivity index (χ1) is 13.0. The highest BCUT2D eigenvalue weighted by atomic mass is 35.5. The number of halogens is 1. The number of nitrogens with one attached hydrogen (secondary N) is 1. The number of rotatable bonds is 6. The van der Waals surface area contributed by atoms with Gasteiger partial charge in [-0.05, 0) is 43.8 Å². The summed E-state index contributed by atoms with van der Waals surface area (Å²) in [5, 5.41) is 3.54. The maximum Gasteiger partial charge on any atom is 0.241 e. The SMILES string of the molecule is CC(C(=O)Nc1cccc(Cl)c1)N(C)Cc1ccccc1N1CCOCC1. The molecule has 1 amide bonds. The molecule has 1 atom stereocenters. The number of hydrogen-bond donors (Lipinski definition) is 1. The Labute approximate surface area is 165 Å². The Balaban J connectivity index is 1.65. The van der Waals surface area contributed by atoms with Gasteiger partial charge in [-0.15, -0.1) is 0 Å². The van der Waals surface area contributed by atoms with E-state index in [0.717, 1.165) is 26.3 Å². The number of hydrogen-bond acceptors (Lipinski definition) is 4. The van der Waals surface area contributed by atoms with Crippen LogP contribution in [-0.2, 0) is 16.1 Å². The summed E-state index contributed by atoms with van der Waals surface area (Å²) < 4.78 is 5.46. The highest BCUT2D eigenvalue weighted by molar-refractivity contribution is 6.30. The number of anilines is 2. The van der Waals surface area contributed by atoms with E-state index in [1.165, 1.54) is 11.3 Å². The molecule has 0 spiro atoms. The van der Waals surface area contributed by atoms with E-state index in [1.54, 1.807) is 12.1 Å². The Bertz CT molecular complexity index is 778. The van der Waals surface area contributed by atoms with Crippen molar-refractivity contribution in [3.63, 3.8) is 0 Å². The number of morpholine rings is 1. The van der Waals surface area contributed by atoms with Gasteiger partial charge in [-0.25, -0.2) is 0 Å². The molecular weight excluding hydrogens is 362 g/mol. The molecule has 0 saturated carbocycles. The van der Waals surface area contributed by atoms with Gasteiger partial charge in [0.25, 0.3) is 0 Å². The molecule has 0 radical (unpaired) electrons. The van der Waals surface area contributed by atoms with Crippen LogP contribution in [-0.4, -0.2) is 50.2 Å². The van der Waals surface area contributed by atoms with E-state index in [0.29, 0.717) is 17.3 Å². The molecule has 0 aliphatic carbocycles. The number of benzene rings is 2. The Morgan fingerprint density at radius 2 is 1.96 bits per heavy atom. The summed E-state index contributed by atoms with van der Waals surface area (Å²) in [7, 11) is 1.97. The van der Waals surface area contributed by atoms with Crippen LogP contribution in [0, 0.1) is 0 Å². The van der Waals surface area contributed by atoms with Gasteiger partial charge in [-0.2, -0.15) is 0 Å². The van der Waals surface area contributed by atoms with Gasteiger partial charge in [0.1, 0.15) is 0 Å². The Morgan fingerprint density at radius 1 is 1.22 bits per heavy atom. The largest absolute Gasteiger partial charge is 0.378 e. The number of carbonyl (C=O) groups excluding carboxylic acids is 1. The molecule has 144 valence electrons. The van der Waals surface area contributed by atoms with Crippen LogP contribution in [0.1, 0.15) is 12.5 Å². The van der Waals surface area contributed by atoms with Gasteiger partial charge < -0.3 is 15.0 Å². The molecule has 27 heavy (non-hydrogen) atoms.